The normalized spacial score (nSPS) is 11.5. The highest BCUT2D eigenvalue weighted by Crippen LogP contribution is 2.12. The molecule has 0 aliphatic rings. The predicted molar refractivity (Wildman–Crippen MR) is 68.9 cm³/mol. The van der Waals surface area contributed by atoms with E-state index in [2.05, 4.69) is 4.72 Å². The van der Waals surface area contributed by atoms with Crippen molar-refractivity contribution < 1.29 is 18.3 Å². The maximum atomic E-state index is 11.4. The number of carboxylic acid groups (broad SMARTS) is 1. The molecule has 1 aromatic carbocycles. The van der Waals surface area contributed by atoms with Crippen molar-refractivity contribution in [1.29, 1.82) is 0 Å². The summed E-state index contributed by atoms with van der Waals surface area (Å²) in [5, 5.41) is 8.45. The van der Waals surface area contributed by atoms with Crippen molar-refractivity contribution in [2.75, 3.05) is 24.6 Å². The van der Waals surface area contributed by atoms with Crippen LogP contribution in [0.25, 0.3) is 0 Å². The number of carboxylic acids is 1. The zero-order valence-corrected chi connectivity index (χ0v) is 11.1. The summed E-state index contributed by atoms with van der Waals surface area (Å²) in [5.41, 5.74) is 1.40. The number of hydrogen-bond donors (Lipinski definition) is 2. The van der Waals surface area contributed by atoms with Crippen LogP contribution in [0.5, 0.6) is 0 Å². The number of benzene rings is 1. The molecule has 0 aliphatic heterocycles. The number of nitrogens with zero attached hydrogens (tertiary/aromatic N) is 1. The van der Waals surface area contributed by atoms with Gasteiger partial charge in [-0.15, -0.1) is 0 Å². The molecule has 0 aromatic heterocycles. The molecule has 0 heterocycles. The number of hydrogen-bond acceptors (Lipinski definition) is 4. The maximum absolute atomic E-state index is 11.4. The Morgan fingerprint density at radius 1 is 1.28 bits per heavy atom. The third-order valence-electron chi connectivity index (χ3n) is 2.04. The van der Waals surface area contributed by atoms with E-state index in [1.807, 2.05) is 19.0 Å². The highest BCUT2D eigenvalue weighted by Gasteiger charge is 2.15. The number of anilines is 1. The van der Waals surface area contributed by atoms with E-state index >= 15 is 0 Å². The lowest BCUT2D eigenvalue weighted by Gasteiger charge is -2.10. The Kier molecular flexibility index (Phi) is 4.69. The van der Waals surface area contributed by atoms with Gasteiger partial charge in [-0.25, -0.2) is 8.42 Å². The van der Waals surface area contributed by atoms with Gasteiger partial charge in [0.05, 0.1) is 0 Å². The number of rotatable bonds is 6. The Bertz CT molecular complexity index is 508. The number of sulfonamides is 1. The van der Waals surface area contributed by atoms with Crippen LogP contribution in [0, 0.1) is 0 Å². The zero-order chi connectivity index (χ0) is 13.8. The van der Waals surface area contributed by atoms with Crippen molar-refractivity contribution in [1.82, 2.24) is 4.90 Å². The topological polar surface area (TPSA) is 86.7 Å². The molecular formula is C11H16N2O4S. The fourth-order valence-electron chi connectivity index (χ4n) is 1.42. The molecule has 1 aromatic rings. The molecule has 0 aliphatic carbocycles. The first-order valence-electron chi connectivity index (χ1n) is 5.24. The van der Waals surface area contributed by atoms with Crippen molar-refractivity contribution in [2.24, 2.45) is 0 Å². The molecule has 0 amide bonds. The van der Waals surface area contributed by atoms with Gasteiger partial charge in [0.2, 0.25) is 10.0 Å². The summed E-state index contributed by atoms with van der Waals surface area (Å²) in [6.07, 6.45) is 0. The number of nitrogens with one attached hydrogen (secondary N) is 1. The minimum atomic E-state index is -3.83. The lowest BCUT2D eigenvalue weighted by molar-refractivity contribution is -0.134. The van der Waals surface area contributed by atoms with Crippen LogP contribution in [0.3, 0.4) is 0 Å². The molecule has 0 radical (unpaired) electrons. The van der Waals surface area contributed by atoms with E-state index in [0.29, 0.717) is 5.69 Å². The van der Waals surface area contributed by atoms with Crippen molar-refractivity contribution in [3.8, 4) is 0 Å². The smallest absolute Gasteiger partial charge is 0.320 e. The molecule has 0 bridgehead atoms. The first kappa shape index (κ1) is 14.5. The maximum Gasteiger partial charge on any atom is 0.320 e. The summed E-state index contributed by atoms with van der Waals surface area (Å²) in [7, 11) is 0.0383. The monoisotopic (exact) mass is 272 g/mol. The first-order chi connectivity index (χ1) is 8.28. The Labute approximate surface area is 106 Å². The Morgan fingerprint density at radius 3 is 2.28 bits per heavy atom. The standard InChI is InChI=1S/C11H16N2O4S/c1-13(2)7-9-3-5-10(6-4-9)12-18(16,17)8-11(14)15/h3-6,12H,7-8H2,1-2H3,(H,14,15). The van der Waals surface area contributed by atoms with Crippen molar-refractivity contribution in [3.05, 3.63) is 29.8 Å². The van der Waals surface area contributed by atoms with Crippen LogP contribution in [0.2, 0.25) is 0 Å². The molecule has 2 N–H and O–H groups in total. The molecule has 1 rings (SSSR count). The van der Waals surface area contributed by atoms with Crippen LogP contribution < -0.4 is 4.72 Å². The second-order valence-electron chi connectivity index (χ2n) is 4.19. The van der Waals surface area contributed by atoms with Gasteiger partial charge in [-0.05, 0) is 31.8 Å². The molecule has 0 saturated carbocycles. The lowest BCUT2D eigenvalue weighted by Crippen LogP contribution is -2.22. The molecule has 0 spiro atoms. The Balaban J connectivity index is 2.72. The van der Waals surface area contributed by atoms with Gasteiger partial charge < -0.3 is 10.0 Å². The average molecular weight is 272 g/mol. The Hall–Kier alpha value is -1.60. The fraction of sp³-hybridized carbons (Fsp3) is 0.364. The predicted octanol–water partition coefficient (Wildman–Crippen LogP) is 0.574. The van der Waals surface area contributed by atoms with Crippen molar-refractivity contribution in [2.45, 2.75) is 6.54 Å². The highest BCUT2D eigenvalue weighted by molar-refractivity contribution is 7.93. The Morgan fingerprint density at radius 2 is 1.83 bits per heavy atom. The third kappa shape index (κ3) is 5.15. The average Bonchev–Trinajstić information content (AvgIpc) is 2.17. The summed E-state index contributed by atoms with van der Waals surface area (Å²) in [6.45, 7) is 0.752. The largest absolute Gasteiger partial charge is 0.480 e. The number of carbonyl (C=O) groups is 1. The second-order valence-corrected chi connectivity index (χ2v) is 5.91. The third-order valence-corrected chi connectivity index (χ3v) is 3.21. The summed E-state index contributed by atoms with van der Waals surface area (Å²) in [5.74, 6) is -2.32. The fourth-order valence-corrected chi connectivity index (χ4v) is 2.31. The van der Waals surface area contributed by atoms with E-state index in [1.54, 1.807) is 24.3 Å². The minimum Gasteiger partial charge on any atom is -0.480 e. The van der Waals surface area contributed by atoms with Gasteiger partial charge in [-0.1, -0.05) is 12.1 Å². The SMILES string of the molecule is CN(C)Cc1ccc(NS(=O)(=O)CC(=O)O)cc1. The minimum absolute atomic E-state index is 0.360. The molecule has 0 unspecified atom stereocenters. The second kappa shape index (κ2) is 5.83. The van der Waals surface area contributed by atoms with Gasteiger partial charge in [0.1, 0.15) is 0 Å². The van der Waals surface area contributed by atoms with Gasteiger partial charge in [-0.3, -0.25) is 9.52 Å². The van der Waals surface area contributed by atoms with Crippen molar-refractivity contribution in [3.63, 3.8) is 0 Å². The molecule has 7 heteroatoms. The van der Waals surface area contributed by atoms with E-state index < -0.39 is 21.7 Å². The summed E-state index contributed by atoms with van der Waals surface area (Å²) in [6, 6.07) is 6.80. The molecular weight excluding hydrogens is 256 g/mol. The first-order valence-corrected chi connectivity index (χ1v) is 6.90. The number of aliphatic carboxylic acids is 1. The van der Waals surface area contributed by atoms with Crippen molar-refractivity contribution >= 4 is 21.7 Å². The summed E-state index contributed by atoms with van der Waals surface area (Å²) in [4.78, 5) is 12.3. The van der Waals surface area contributed by atoms with Gasteiger partial charge in [0, 0.05) is 12.2 Å². The molecule has 0 saturated heterocycles. The highest BCUT2D eigenvalue weighted by atomic mass is 32.2. The van der Waals surface area contributed by atoms with Crippen LogP contribution in [0.4, 0.5) is 5.69 Å². The van der Waals surface area contributed by atoms with Crippen LogP contribution in [-0.4, -0.2) is 44.2 Å². The van der Waals surface area contributed by atoms with Gasteiger partial charge >= 0.3 is 5.97 Å². The summed E-state index contributed by atoms with van der Waals surface area (Å²) < 4.78 is 25.0. The van der Waals surface area contributed by atoms with Crippen LogP contribution >= 0.6 is 0 Å². The zero-order valence-electron chi connectivity index (χ0n) is 10.3. The lowest BCUT2D eigenvalue weighted by atomic mass is 10.2. The molecule has 100 valence electrons. The molecule has 6 nitrogen and oxygen atoms in total. The molecule has 0 atom stereocenters. The molecule has 18 heavy (non-hydrogen) atoms. The quantitative estimate of drug-likeness (QED) is 0.791. The van der Waals surface area contributed by atoms with E-state index in [-0.39, 0.29) is 0 Å². The van der Waals surface area contributed by atoms with Gasteiger partial charge in [0.25, 0.3) is 0 Å². The van der Waals surface area contributed by atoms with Crippen LogP contribution in [0.15, 0.2) is 24.3 Å². The van der Waals surface area contributed by atoms with E-state index in [1.165, 1.54) is 0 Å². The van der Waals surface area contributed by atoms with E-state index in [4.69, 9.17) is 5.11 Å². The summed E-state index contributed by atoms with van der Waals surface area (Å²) >= 11 is 0. The van der Waals surface area contributed by atoms with Gasteiger partial charge in [-0.2, -0.15) is 0 Å². The van der Waals surface area contributed by atoms with Gasteiger partial charge in [0.15, 0.2) is 5.75 Å². The van der Waals surface area contributed by atoms with Crippen LogP contribution in [0.1, 0.15) is 5.56 Å². The molecule has 0 fully saturated rings. The van der Waals surface area contributed by atoms with Crippen LogP contribution in [-0.2, 0) is 21.4 Å². The van der Waals surface area contributed by atoms with E-state index in [0.717, 1.165) is 12.1 Å². The van der Waals surface area contributed by atoms with E-state index in [9.17, 15) is 13.2 Å².